The zero-order chi connectivity index (χ0) is 31.0. The molecule has 4 radical (unpaired) electrons. The van der Waals surface area contributed by atoms with Crippen molar-refractivity contribution in [3.05, 3.63) is 58.5 Å². The van der Waals surface area contributed by atoms with Crippen molar-refractivity contribution in [3.8, 4) is 0 Å². The molecule has 0 saturated heterocycles. The van der Waals surface area contributed by atoms with Crippen LogP contribution in [0.25, 0.3) is 20.4 Å². The van der Waals surface area contributed by atoms with Gasteiger partial charge in [0.2, 0.25) is 19.5 Å². The van der Waals surface area contributed by atoms with Crippen LogP contribution in [0.3, 0.4) is 0 Å². The van der Waals surface area contributed by atoms with Crippen molar-refractivity contribution in [3.63, 3.8) is 0 Å². The number of para-hydroxylation sites is 2. The number of hydrogen-bond acceptors (Lipinski definition) is 8. The van der Waals surface area contributed by atoms with Gasteiger partial charge in [0, 0.05) is 35.8 Å². The van der Waals surface area contributed by atoms with Gasteiger partial charge in [0.05, 0.1) is 30.4 Å². The molecule has 4 nitrogen and oxygen atoms in total. The molecule has 0 aliphatic rings. The second-order valence-corrected chi connectivity index (χ2v) is 18.5. The molecule has 2 aromatic carbocycles. The monoisotopic (exact) mass is 700 g/mol. The highest BCUT2D eigenvalue weighted by molar-refractivity contribution is 8.76. The minimum Gasteiger partial charge on any atom is -0.416 e. The number of hydrogen-bond donors (Lipinski definition) is 0. The highest BCUT2D eigenvalue weighted by Gasteiger charge is 2.23. The molecule has 10 heteroatoms. The van der Waals surface area contributed by atoms with E-state index in [2.05, 4.69) is 76.2 Å². The van der Waals surface area contributed by atoms with Gasteiger partial charge in [-0.05, 0) is 48.9 Å². The van der Waals surface area contributed by atoms with Crippen LogP contribution in [0.5, 0.6) is 0 Å². The fourth-order valence-electron chi connectivity index (χ4n) is 4.95. The second kappa shape index (κ2) is 20.5. The number of nitrogens with zero attached hydrogens (tertiary/aromatic N) is 2. The Labute approximate surface area is 286 Å². The normalized spacial score (nSPS) is 14.7. The molecular formula is C34H48N2O2S4Si2. The van der Waals surface area contributed by atoms with Crippen LogP contribution in [0.1, 0.15) is 100 Å². The van der Waals surface area contributed by atoms with Crippen molar-refractivity contribution in [1.29, 1.82) is 0 Å². The number of aromatic nitrogens is 2. The third-order valence-corrected chi connectivity index (χ3v) is 15.9. The van der Waals surface area contributed by atoms with Crippen LogP contribution in [0.15, 0.2) is 48.5 Å². The first-order valence-corrected chi connectivity index (χ1v) is 22.4. The van der Waals surface area contributed by atoms with Gasteiger partial charge in [-0.1, -0.05) is 112 Å². The summed E-state index contributed by atoms with van der Waals surface area (Å²) in [6, 6.07) is 17.0. The molecule has 2 heterocycles. The van der Waals surface area contributed by atoms with Gasteiger partial charge in [0.1, 0.15) is 0 Å². The molecule has 0 amide bonds. The first-order valence-electron chi connectivity index (χ1n) is 16.3. The number of benzene rings is 2. The molecule has 0 N–H and O–H groups in total. The minimum absolute atomic E-state index is 0.317. The lowest BCUT2D eigenvalue weighted by Gasteiger charge is -2.18. The molecule has 2 aromatic heterocycles. The third kappa shape index (κ3) is 11.5. The molecule has 0 saturated carbocycles. The molecule has 0 aliphatic carbocycles. The predicted octanol–water partition coefficient (Wildman–Crippen LogP) is 10.8. The van der Waals surface area contributed by atoms with Crippen LogP contribution in [0.4, 0.5) is 0 Å². The van der Waals surface area contributed by atoms with E-state index in [1.54, 1.807) is 0 Å². The predicted molar refractivity (Wildman–Crippen MR) is 200 cm³/mol. The molecule has 0 aliphatic heterocycles. The molecule has 4 rings (SSSR count). The van der Waals surface area contributed by atoms with Gasteiger partial charge < -0.3 is 8.85 Å². The van der Waals surface area contributed by atoms with Crippen molar-refractivity contribution >= 4 is 84.2 Å². The SMILES string of the molecule is CCCCC(CC)CO[Si]C(CSSCC([Si]OCC(CC)CCCC)c1nc2ccccc2s1)c1nc2ccccc2s1. The Kier molecular flexibility index (Phi) is 16.8. The van der Waals surface area contributed by atoms with Crippen LogP contribution in [-0.4, -0.2) is 54.2 Å². The lowest BCUT2D eigenvalue weighted by atomic mass is 10.0. The summed E-state index contributed by atoms with van der Waals surface area (Å²) in [6.45, 7) is 10.9. The maximum Gasteiger partial charge on any atom is 0.241 e. The zero-order valence-electron chi connectivity index (χ0n) is 26.8. The highest BCUT2D eigenvalue weighted by Crippen LogP contribution is 2.36. The highest BCUT2D eigenvalue weighted by atomic mass is 33.1. The lowest BCUT2D eigenvalue weighted by molar-refractivity contribution is 0.240. The van der Waals surface area contributed by atoms with Crippen LogP contribution in [0, 0.1) is 11.8 Å². The van der Waals surface area contributed by atoms with E-state index in [1.165, 1.54) is 70.8 Å². The fraction of sp³-hybridized carbons (Fsp3) is 0.588. The van der Waals surface area contributed by atoms with Gasteiger partial charge in [-0.25, -0.2) is 9.97 Å². The Bertz CT molecular complexity index is 1190. The van der Waals surface area contributed by atoms with E-state index < -0.39 is 0 Å². The van der Waals surface area contributed by atoms with E-state index in [9.17, 15) is 0 Å². The maximum absolute atomic E-state index is 6.44. The molecule has 44 heavy (non-hydrogen) atoms. The molecule has 4 aromatic rings. The van der Waals surface area contributed by atoms with Crippen LogP contribution in [0.2, 0.25) is 0 Å². The lowest BCUT2D eigenvalue weighted by Crippen LogP contribution is -2.19. The second-order valence-electron chi connectivity index (χ2n) is 11.4. The van der Waals surface area contributed by atoms with Crippen molar-refractivity contribution in [2.24, 2.45) is 11.8 Å². The first-order chi connectivity index (χ1) is 21.6. The quantitative estimate of drug-likeness (QED) is 0.0436. The van der Waals surface area contributed by atoms with E-state index >= 15 is 0 Å². The molecular weight excluding hydrogens is 653 g/mol. The molecule has 238 valence electrons. The van der Waals surface area contributed by atoms with Gasteiger partial charge in [0.25, 0.3) is 0 Å². The first kappa shape index (κ1) is 36.1. The van der Waals surface area contributed by atoms with Crippen LogP contribution >= 0.6 is 44.3 Å². The van der Waals surface area contributed by atoms with Gasteiger partial charge in [0.15, 0.2) is 0 Å². The topological polar surface area (TPSA) is 44.2 Å². The molecule has 0 bridgehead atoms. The molecule has 4 unspecified atom stereocenters. The van der Waals surface area contributed by atoms with Crippen LogP contribution in [-0.2, 0) is 8.85 Å². The Hall–Kier alpha value is -0.726. The Morgan fingerprint density at radius 3 is 1.48 bits per heavy atom. The summed E-state index contributed by atoms with van der Waals surface area (Å²) < 4.78 is 15.4. The van der Waals surface area contributed by atoms with Crippen molar-refractivity contribution in [2.75, 3.05) is 24.7 Å². The van der Waals surface area contributed by atoms with E-state index in [-0.39, 0.29) is 0 Å². The Balaban J connectivity index is 1.37. The Morgan fingerprint density at radius 1 is 0.659 bits per heavy atom. The summed E-state index contributed by atoms with van der Waals surface area (Å²) in [4.78, 5) is 10.1. The maximum atomic E-state index is 6.44. The van der Waals surface area contributed by atoms with Crippen molar-refractivity contribution in [2.45, 2.75) is 90.1 Å². The summed E-state index contributed by atoms with van der Waals surface area (Å²) >= 11 is 3.67. The minimum atomic E-state index is 0.317. The van der Waals surface area contributed by atoms with Gasteiger partial charge in [-0.2, -0.15) is 0 Å². The summed E-state index contributed by atoms with van der Waals surface area (Å²) in [5.74, 6) is 3.32. The Morgan fingerprint density at radius 2 is 1.09 bits per heavy atom. The van der Waals surface area contributed by atoms with E-state index in [0.29, 0.717) is 42.4 Å². The summed E-state index contributed by atoms with van der Waals surface area (Å²) in [5.41, 5.74) is 2.84. The summed E-state index contributed by atoms with van der Waals surface area (Å²) in [5, 5.41) is 2.43. The zero-order valence-corrected chi connectivity index (χ0v) is 32.0. The number of fused-ring (bicyclic) bond motifs is 2. The summed E-state index contributed by atoms with van der Waals surface area (Å²) in [6.07, 6.45) is 9.99. The van der Waals surface area contributed by atoms with Crippen LogP contribution < -0.4 is 0 Å². The van der Waals surface area contributed by atoms with Crippen molar-refractivity contribution < 1.29 is 8.85 Å². The number of thiazole rings is 2. The van der Waals surface area contributed by atoms with Gasteiger partial charge in [-0.3, -0.25) is 0 Å². The van der Waals surface area contributed by atoms with Crippen molar-refractivity contribution in [1.82, 2.24) is 9.97 Å². The molecule has 0 fully saturated rings. The van der Waals surface area contributed by atoms with E-state index in [0.717, 1.165) is 35.8 Å². The van der Waals surface area contributed by atoms with E-state index in [1.807, 2.05) is 44.3 Å². The average Bonchev–Trinajstić information content (AvgIpc) is 3.69. The number of unbranched alkanes of at least 4 members (excludes halogenated alkanes) is 2. The molecule has 0 spiro atoms. The van der Waals surface area contributed by atoms with Gasteiger partial charge >= 0.3 is 0 Å². The largest absolute Gasteiger partial charge is 0.416 e. The van der Waals surface area contributed by atoms with E-state index in [4.69, 9.17) is 18.8 Å². The fourth-order valence-corrected chi connectivity index (χ4v) is 13.1. The molecule has 4 atom stereocenters. The summed E-state index contributed by atoms with van der Waals surface area (Å²) in [7, 11) is 4.80. The standard InChI is InChI=1S/C34H48N2O2S4Si2/c1-5-9-15-25(7-3)21-37-43-31(33-35-27-17-11-13-19-29(27)41-33)23-39-40-24-32(44-38-22-26(8-4)16-10-6-2)34-36-28-18-12-14-20-30(28)42-34/h11-14,17-20,25-26,31-32H,5-10,15-16,21-24H2,1-4H3. The third-order valence-electron chi connectivity index (χ3n) is 7.95. The smallest absolute Gasteiger partial charge is 0.241 e. The average molecular weight is 701 g/mol. The number of rotatable bonds is 23. The van der Waals surface area contributed by atoms with Gasteiger partial charge in [-0.15, -0.1) is 22.7 Å².